The number of sulfonamides is 3. The summed E-state index contributed by atoms with van der Waals surface area (Å²) in [6.07, 6.45) is 8.65. The van der Waals surface area contributed by atoms with Gasteiger partial charge in [-0.1, -0.05) is 54.6 Å². The highest BCUT2D eigenvalue weighted by Gasteiger charge is 2.49. The lowest BCUT2D eigenvalue weighted by atomic mass is 10.0. The number of aliphatic carboxylic acids is 3. The summed E-state index contributed by atoms with van der Waals surface area (Å²) in [6.45, 7) is 12.7. The fourth-order valence-electron chi connectivity index (χ4n) is 15.3. The van der Waals surface area contributed by atoms with Crippen molar-refractivity contribution in [1.29, 1.82) is 0 Å². The van der Waals surface area contributed by atoms with Crippen LogP contribution in [0.1, 0.15) is 62.0 Å². The van der Waals surface area contributed by atoms with Gasteiger partial charge in [-0.2, -0.15) is 35.5 Å². The van der Waals surface area contributed by atoms with E-state index in [1.165, 1.54) is 96.1 Å². The van der Waals surface area contributed by atoms with Crippen LogP contribution in [-0.4, -0.2) is 305 Å². The number of carbonyl (C=O) groups is 9. The Balaban J connectivity index is 0.000000167. The fourth-order valence-corrected chi connectivity index (χ4v) is 21.3. The Hall–Kier alpha value is -13.2. The van der Waals surface area contributed by atoms with Crippen molar-refractivity contribution in [2.24, 2.45) is 14.1 Å². The second-order valence-corrected chi connectivity index (χ2v) is 38.5. The minimum absolute atomic E-state index is 0.241. The highest BCUT2D eigenvalue weighted by atomic mass is 32.2. The molecule has 0 radical (unpaired) electrons. The van der Waals surface area contributed by atoms with Crippen molar-refractivity contribution in [3.8, 4) is 17.2 Å². The molecule has 6 aromatic heterocycles. The molecule has 3 aromatic carbocycles. The van der Waals surface area contributed by atoms with Crippen molar-refractivity contribution >= 4 is 113 Å². The van der Waals surface area contributed by atoms with E-state index in [-0.39, 0.29) is 41.5 Å². The number of pyridine rings is 3. The Morgan fingerprint density at radius 2 is 0.794 bits per heavy atom. The third-order valence-corrected chi connectivity index (χ3v) is 28.9. The topological polar surface area (TPSA) is 513 Å². The van der Waals surface area contributed by atoms with Crippen molar-refractivity contribution in [2.75, 3.05) is 112 Å². The quantitative estimate of drug-likeness (QED) is 0.0377. The van der Waals surface area contributed by atoms with Gasteiger partial charge < -0.3 is 74.5 Å². The van der Waals surface area contributed by atoms with Gasteiger partial charge in [0.15, 0.2) is 15.1 Å². The molecular formula is C85H101N21O21S4. The van der Waals surface area contributed by atoms with Crippen LogP contribution >= 0.6 is 11.8 Å². The van der Waals surface area contributed by atoms with Gasteiger partial charge >= 0.3 is 36.2 Å². The van der Waals surface area contributed by atoms with Gasteiger partial charge in [-0.05, 0) is 161 Å². The third kappa shape index (κ3) is 23.7. The van der Waals surface area contributed by atoms with E-state index in [9.17, 15) is 83.7 Å². The zero-order valence-corrected chi connectivity index (χ0v) is 75.5. The van der Waals surface area contributed by atoms with Gasteiger partial charge in [0.25, 0.3) is 47.8 Å². The van der Waals surface area contributed by atoms with Crippen LogP contribution in [0.25, 0.3) is 0 Å². The highest BCUT2D eigenvalue weighted by molar-refractivity contribution is 8.01. The third-order valence-electron chi connectivity index (χ3n) is 22.3. The van der Waals surface area contributed by atoms with Crippen LogP contribution in [0.2, 0.25) is 0 Å². The van der Waals surface area contributed by atoms with E-state index in [0.717, 1.165) is 23.7 Å². The maximum absolute atomic E-state index is 13.7. The Morgan fingerprint density at radius 1 is 0.458 bits per heavy atom. The molecule has 6 saturated heterocycles. The molecule has 9 aromatic rings. The number of thioether (sulfide) groups is 1. The maximum Gasteiger partial charge on any atom is 0.415 e. The van der Waals surface area contributed by atoms with E-state index in [2.05, 4.69) is 65.8 Å². The average Bonchev–Trinajstić information content (AvgIpc) is 1.71. The number of aromatic nitrogens is 9. The van der Waals surface area contributed by atoms with Crippen molar-refractivity contribution in [1.82, 2.24) is 88.0 Å². The van der Waals surface area contributed by atoms with Crippen LogP contribution in [0.5, 0.6) is 17.2 Å². The number of nitrogens with one attached hydrogen (secondary N) is 4. The molecule has 15 rings (SSSR count). The summed E-state index contributed by atoms with van der Waals surface area (Å²) in [7, 11) is -10.8. The second-order valence-electron chi connectivity index (χ2n) is 32.1. The smallest absolute Gasteiger partial charge is 0.415 e. The number of ether oxygens (including phenoxy) is 3. The predicted octanol–water partition coefficient (Wildman–Crippen LogP) is 4.29. The molecule has 6 fully saturated rings. The standard InChI is InChI=1S/C29H35N7O7S2.2C28H33N7O7S/c1-19-31-17-24(32-19)45(41,42)36(26(37)25-33-29(2,3)18-44-25)22(27(38)39)16-20-7-9-21(10-8-20)43-28(40)35-14-12-34(13-15-35)23-6-4-5-11-30-23;2*1-32-14-11-25(31-32)43(40,41)35(26(36)22-5-4-13-29-22)23(27(37)38)19-20-7-9-21(10-8-20)42-28(39)34-17-15-33(16-18-34)24-6-2-3-12-30-24/h4-11,17,22,25,33H,12-16,18H2,1-3H3,(H,31,32)(H,38,39);2*2-3,6-12,14,22-23,29H,4-5,13,15-19H2,1H3,(H,37,38)/t22-,25-;2*22-,23-/m000/s1. The molecular weight excluding hydrogens is 1780 g/mol. The lowest BCUT2D eigenvalue weighted by Crippen LogP contribution is -2.55. The average molecular weight is 1880 g/mol. The van der Waals surface area contributed by atoms with Gasteiger partial charge in [0, 0.05) is 154 Å². The van der Waals surface area contributed by atoms with Gasteiger partial charge in [0.2, 0.25) is 0 Å². The highest BCUT2D eigenvalue weighted by Crippen LogP contribution is 2.33. The molecule has 7 N–H and O–H groups in total. The number of aryl methyl sites for hydroxylation is 3. The van der Waals surface area contributed by atoms with E-state index in [1.807, 2.05) is 68.4 Å². The number of hydrogen-bond donors (Lipinski definition) is 7. The van der Waals surface area contributed by atoms with Crippen LogP contribution in [0, 0.1) is 6.92 Å². The monoisotopic (exact) mass is 1880 g/mol. The summed E-state index contributed by atoms with van der Waals surface area (Å²) < 4.78 is 102. The number of carbonyl (C=O) groups excluding carboxylic acids is 6. The number of carboxylic acid groups (broad SMARTS) is 3. The molecule has 0 aliphatic carbocycles. The summed E-state index contributed by atoms with van der Waals surface area (Å²) in [5.41, 5.74) is 0.838. The molecule has 42 nitrogen and oxygen atoms in total. The molecule has 6 amide bonds. The van der Waals surface area contributed by atoms with Crippen LogP contribution in [0.4, 0.5) is 31.8 Å². The lowest BCUT2D eigenvalue weighted by molar-refractivity contribution is -0.146. The Morgan fingerprint density at radius 3 is 1.05 bits per heavy atom. The molecule has 0 unspecified atom stereocenters. The molecule has 46 heteroatoms. The van der Waals surface area contributed by atoms with Crippen molar-refractivity contribution < 1.29 is 97.9 Å². The van der Waals surface area contributed by atoms with E-state index < -0.39 is 135 Å². The zero-order chi connectivity index (χ0) is 93.5. The van der Waals surface area contributed by atoms with E-state index in [0.29, 0.717) is 158 Å². The molecule has 6 aliphatic heterocycles. The van der Waals surface area contributed by atoms with Crippen LogP contribution in [-0.2, 0) is 92.2 Å². The van der Waals surface area contributed by atoms with Gasteiger partial charge in [0.05, 0.1) is 18.3 Å². The number of amides is 6. The van der Waals surface area contributed by atoms with Gasteiger partial charge in [-0.25, -0.2) is 61.6 Å². The number of aromatic amines is 1. The Labute approximate surface area is 759 Å². The normalized spacial score (nSPS) is 18.2. The van der Waals surface area contributed by atoms with E-state index in [1.54, 1.807) is 76.6 Å². The summed E-state index contributed by atoms with van der Waals surface area (Å²) in [4.78, 5) is 147. The largest absolute Gasteiger partial charge is 0.480 e. The maximum atomic E-state index is 13.7. The van der Waals surface area contributed by atoms with Crippen LogP contribution < -0.4 is 44.9 Å². The molecule has 6 atom stereocenters. The minimum Gasteiger partial charge on any atom is -0.480 e. The van der Waals surface area contributed by atoms with Crippen molar-refractivity contribution in [3.05, 3.63) is 199 Å². The number of imidazole rings is 1. The molecule has 0 spiro atoms. The van der Waals surface area contributed by atoms with Crippen molar-refractivity contribution in [2.45, 2.75) is 122 Å². The number of rotatable bonds is 27. The first kappa shape index (κ1) is 95.4. The number of benzene rings is 3. The first-order valence-corrected chi connectivity index (χ1v) is 47.4. The molecule has 6 aliphatic rings. The molecule has 0 bridgehead atoms. The predicted molar refractivity (Wildman–Crippen MR) is 474 cm³/mol. The van der Waals surface area contributed by atoms with Gasteiger partial charge in [-0.3, -0.25) is 29.1 Å². The summed E-state index contributed by atoms with van der Waals surface area (Å²) in [5.74, 6) is -2.94. The minimum atomic E-state index is -4.63. The number of piperazine rings is 3. The number of nitrogens with zero attached hydrogens (tertiary/aromatic N) is 17. The number of anilines is 3. The zero-order valence-electron chi connectivity index (χ0n) is 72.2. The van der Waals surface area contributed by atoms with Crippen LogP contribution in [0.15, 0.2) is 192 Å². The fraction of sp³-hybridized carbons (Fsp3) is 0.400. The summed E-state index contributed by atoms with van der Waals surface area (Å²) in [5, 5.41) is 45.2. The van der Waals surface area contributed by atoms with Crippen molar-refractivity contribution in [3.63, 3.8) is 0 Å². The molecule has 0 saturated carbocycles. The SMILES string of the molecule is Cc1ncc(S(=O)(=O)N(C(=O)[C@H]2NC(C)(C)CS2)[C@@H](Cc2ccc(OC(=O)N3CCN(c4ccccn4)CC3)cc2)C(=O)O)[nH]1.Cn1ccc(S(=O)(=O)N(C(=O)[C@@H]2CCCN2)[C@@H](Cc2ccc(OC(=O)N3CCN(c4ccccn4)CC3)cc2)C(=O)O)n1.Cn1ccc(S(=O)(=O)N(C(=O)[C@@H]2CCCN2)[C@@H](Cc2ccc(OC(=O)N3CCN(c4ccccn4)CC3)cc2)C(=O)O)n1. The van der Waals surface area contributed by atoms with E-state index in [4.69, 9.17) is 14.2 Å². The summed E-state index contributed by atoms with van der Waals surface area (Å²) >= 11 is 1.21. The Kier molecular flexibility index (Phi) is 30.7. The first-order valence-electron chi connectivity index (χ1n) is 42.1. The van der Waals surface area contributed by atoms with E-state index >= 15 is 0 Å². The summed E-state index contributed by atoms with van der Waals surface area (Å²) in [6, 6.07) is 30.9. The molecule has 131 heavy (non-hydrogen) atoms. The Bertz CT molecular complexity index is 5640. The molecule has 12 heterocycles. The first-order chi connectivity index (χ1) is 62.6. The van der Waals surface area contributed by atoms with Crippen LogP contribution in [0.3, 0.4) is 0 Å². The molecule has 696 valence electrons. The number of hydrogen-bond acceptors (Lipinski definition) is 31. The van der Waals surface area contributed by atoms with Gasteiger partial charge in [0.1, 0.15) is 64.0 Å². The lowest BCUT2D eigenvalue weighted by Gasteiger charge is -2.34. The number of H-pyrrole nitrogens is 1. The van der Waals surface area contributed by atoms with Gasteiger partial charge in [-0.15, -0.1) is 11.8 Å². The number of carboxylic acids is 3. The second kappa shape index (κ2) is 42.2.